The molecule has 1 nitrogen and oxygen atoms in total. The first kappa shape index (κ1) is 13.7. The average Bonchev–Trinajstić information content (AvgIpc) is 2.22. The molecule has 0 aliphatic rings. The highest BCUT2D eigenvalue weighted by Gasteiger charge is 2.03. The summed E-state index contributed by atoms with van der Waals surface area (Å²) in [7, 11) is 2.07. The molecule has 0 aliphatic heterocycles. The van der Waals surface area contributed by atoms with Crippen molar-refractivity contribution in [2.24, 2.45) is 0 Å². The molecule has 0 rings (SSSR count). The Morgan fingerprint density at radius 3 is 2.43 bits per heavy atom. The van der Waals surface area contributed by atoms with Gasteiger partial charge >= 0.3 is 0 Å². The fourth-order valence-corrected chi connectivity index (χ4v) is 1.75. The minimum atomic E-state index is 0.703. The van der Waals surface area contributed by atoms with Gasteiger partial charge in [-0.3, -0.25) is 0 Å². The summed E-state index contributed by atoms with van der Waals surface area (Å²) in [6.45, 7) is 6.02. The molecule has 84 valence electrons. The van der Waals surface area contributed by atoms with Crippen molar-refractivity contribution < 1.29 is 0 Å². The lowest BCUT2D eigenvalue weighted by molar-refractivity contribution is 0.462. The molecule has 1 atom stereocenters. The first-order valence-corrected chi connectivity index (χ1v) is 6.13. The summed E-state index contributed by atoms with van der Waals surface area (Å²) >= 11 is 0. The van der Waals surface area contributed by atoms with E-state index in [0.29, 0.717) is 6.04 Å². The van der Waals surface area contributed by atoms with Crippen molar-refractivity contribution in [3.8, 4) is 0 Å². The van der Waals surface area contributed by atoms with Crippen LogP contribution in [0.4, 0.5) is 0 Å². The van der Waals surface area contributed by atoms with Crippen LogP contribution in [0.2, 0.25) is 0 Å². The highest BCUT2D eigenvalue weighted by Crippen LogP contribution is 2.10. The molecule has 0 heterocycles. The van der Waals surface area contributed by atoms with Crippen molar-refractivity contribution in [3.05, 3.63) is 12.7 Å². The number of hydrogen-bond acceptors (Lipinski definition) is 1. The highest BCUT2D eigenvalue weighted by atomic mass is 14.9. The van der Waals surface area contributed by atoms with Gasteiger partial charge in [-0.25, -0.2) is 0 Å². The summed E-state index contributed by atoms with van der Waals surface area (Å²) in [5, 5.41) is 3.38. The van der Waals surface area contributed by atoms with Crippen LogP contribution in [0.1, 0.15) is 58.3 Å². The molecule has 1 unspecified atom stereocenters. The lowest BCUT2D eigenvalue weighted by Crippen LogP contribution is -2.24. The predicted octanol–water partition coefficient (Wildman–Crippen LogP) is 3.90. The Hall–Kier alpha value is -0.300. The normalized spacial score (nSPS) is 12.7. The third-order valence-electron chi connectivity index (χ3n) is 2.78. The first-order chi connectivity index (χ1) is 6.85. The van der Waals surface area contributed by atoms with Crippen LogP contribution in [0.3, 0.4) is 0 Å². The Morgan fingerprint density at radius 2 is 1.86 bits per heavy atom. The van der Waals surface area contributed by atoms with Crippen molar-refractivity contribution in [1.29, 1.82) is 0 Å². The molecule has 0 amide bonds. The standard InChI is InChI=1S/C13H27N/c1-4-6-8-9-10-12-13(14-3)11-7-5-2/h5,13-14H,2,4,6-12H2,1,3H3. The molecule has 0 saturated heterocycles. The lowest BCUT2D eigenvalue weighted by Gasteiger charge is -2.14. The number of nitrogens with one attached hydrogen (secondary N) is 1. The van der Waals surface area contributed by atoms with Gasteiger partial charge in [0.05, 0.1) is 0 Å². The summed E-state index contributed by atoms with van der Waals surface area (Å²) < 4.78 is 0. The molecule has 0 fully saturated rings. The van der Waals surface area contributed by atoms with E-state index in [1.165, 1.54) is 44.9 Å². The molecular formula is C13H27N. The Kier molecular flexibility index (Phi) is 10.5. The topological polar surface area (TPSA) is 12.0 Å². The fraction of sp³-hybridized carbons (Fsp3) is 0.846. The van der Waals surface area contributed by atoms with Crippen LogP contribution >= 0.6 is 0 Å². The SMILES string of the molecule is C=CCCC(CCCCCCC)NC. The predicted molar refractivity (Wildman–Crippen MR) is 65.7 cm³/mol. The van der Waals surface area contributed by atoms with E-state index < -0.39 is 0 Å². The zero-order valence-electron chi connectivity index (χ0n) is 10.0. The van der Waals surface area contributed by atoms with Crippen LogP contribution in [-0.2, 0) is 0 Å². The summed E-state index contributed by atoms with van der Waals surface area (Å²) in [5.41, 5.74) is 0. The van der Waals surface area contributed by atoms with Gasteiger partial charge < -0.3 is 5.32 Å². The zero-order valence-corrected chi connectivity index (χ0v) is 10.0. The van der Waals surface area contributed by atoms with Gasteiger partial charge in [-0.1, -0.05) is 45.1 Å². The van der Waals surface area contributed by atoms with Gasteiger partial charge in [-0.2, -0.15) is 0 Å². The van der Waals surface area contributed by atoms with Crippen molar-refractivity contribution in [3.63, 3.8) is 0 Å². The monoisotopic (exact) mass is 197 g/mol. The van der Waals surface area contributed by atoms with Crippen molar-refractivity contribution in [1.82, 2.24) is 5.32 Å². The zero-order chi connectivity index (χ0) is 10.6. The quantitative estimate of drug-likeness (QED) is 0.414. The highest BCUT2D eigenvalue weighted by molar-refractivity contribution is 4.72. The lowest BCUT2D eigenvalue weighted by atomic mass is 10.0. The second kappa shape index (κ2) is 10.8. The van der Waals surface area contributed by atoms with Crippen LogP contribution in [0.5, 0.6) is 0 Å². The minimum absolute atomic E-state index is 0.703. The van der Waals surface area contributed by atoms with Crippen molar-refractivity contribution >= 4 is 0 Å². The molecule has 1 N–H and O–H groups in total. The maximum atomic E-state index is 3.76. The number of allylic oxidation sites excluding steroid dienone is 1. The molecule has 0 bridgehead atoms. The molecule has 1 heteroatoms. The second-order valence-corrected chi connectivity index (χ2v) is 4.05. The Bertz CT molecular complexity index is 120. The molecule has 0 radical (unpaired) electrons. The van der Waals surface area contributed by atoms with E-state index >= 15 is 0 Å². The Balaban J connectivity index is 3.28. The summed E-state index contributed by atoms with van der Waals surface area (Å²) in [6.07, 6.45) is 12.7. The fourth-order valence-electron chi connectivity index (χ4n) is 1.75. The van der Waals surface area contributed by atoms with E-state index in [9.17, 15) is 0 Å². The maximum Gasteiger partial charge on any atom is 0.00670 e. The largest absolute Gasteiger partial charge is 0.317 e. The number of hydrogen-bond donors (Lipinski definition) is 1. The van der Waals surface area contributed by atoms with Crippen LogP contribution < -0.4 is 5.32 Å². The van der Waals surface area contributed by atoms with Crippen LogP contribution in [0.15, 0.2) is 12.7 Å². The maximum absolute atomic E-state index is 3.76. The third kappa shape index (κ3) is 8.31. The number of rotatable bonds is 10. The van der Waals surface area contributed by atoms with Gasteiger partial charge in [0.25, 0.3) is 0 Å². The number of unbranched alkanes of at least 4 members (excludes halogenated alkanes) is 4. The van der Waals surface area contributed by atoms with E-state index in [0.717, 1.165) is 6.42 Å². The van der Waals surface area contributed by atoms with Crippen molar-refractivity contribution in [2.45, 2.75) is 64.3 Å². The van der Waals surface area contributed by atoms with Gasteiger partial charge in [0, 0.05) is 6.04 Å². The summed E-state index contributed by atoms with van der Waals surface area (Å²) in [5.74, 6) is 0. The Morgan fingerprint density at radius 1 is 1.14 bits per heavy atom. The van der Waals surface area contributed by atoms with Gasteiger partial charge in [0.2, 0.25) is 0 Å². The Labute approximate surface area is 90.0 Å². The molecule has 0 saturated carbocycles. The van der Waals surface area contributed by atoms with Gasteiger partial charge in [-0.15, -0.1) is 6.58 Å². The smallest absolute Gasteiger partial charge is 0.00670 e. The average molecular weight is 197 g/mol. The molecule has 0 aliphatic carbocycles. The van der Waals surface area contributed by atoms with E-state index in [1.54, 1.807) is 0 Å². The van der Waals surface area contributed by atoms with Gasteiger partial charge in [-0.05, 0) is 26.3 Å². The molecule has 0 aromatic rings. The van der Waals surface area contributed by atoms with Crippen molar-refractivity contribution in [2.75, 3.05) is 7.05 Å². The van der Waals surface area contributed by atoms with Crippen LogP contribution in [0, 0.1) is 0 Å². The summed E-state index contributed by atoms with van der Waals surface area (Å²) in [6, 6.07) is 0.703. The summed E-state index contributed by atoms with van der Waals surface area (Å²) in [4.78, 5) is 0. The third-order valence-corrected chi connectivity index (χ3v) is 2.78. The molecule has 0 aromatic heterocycles. The van der Waals surface area contributed by atoms with E-state index in [4.69, 9.17) is 0 Å². The minimum Gasteiger partial charge on any atom is -0.317 e. The van der Waals surface area contributed by atoms with Crippen LogP contribution in [-0.4, -0.2) is 13.1 Å². The first-order valence-electron chi connectivity index (χ1n) is 6.13. The van der Waals surface area contributed by atoms with Gasteiger partial charge in [0.15, 0.2) is 0 Å². The van der Waals surface area contributed by atoms with Crippen LogP contribution in [0.25, 0.3) is 0 Å². The van der Waals surface area contributed by atoms with E-state index in [1.807, 2.05) is 6.08 Å². The second-order valence-electron chi connectivity index (χ2n) is 4.05. The molecular weight excluding hydrogens is 170 g/mol. The van der Waals surface area contributed by atoms with Gasteiger partial charge in [0.1, 0.15) is 0 Å². The van der Waals surface area contributed by atoms with E-state index in [-0.39, 0.29) is 0 Å². The molecule has 0 aromatic carbocycles. The molecule has 0 spiro atoms. The van der Waals surface area contributed by atoms with E-state index in [2.05, 4.69) is 25.9 Å². The molecule has 14 heavy (non-hydrogen) atoms.